The van der Waals surface area contributed by atoms with Gasteiger partial charge in [-0.3, -0.25) is 0 Å². The average Bonchev–Trinajstić information content (AvgIpc) is 2.16. The Balaban J connectivity index is 3.13. The Bertz CT molecular complexity index is 282. The lowest BCUT2D eigenvalue weighted by Gasteiger charge is -2.10. The predicted octanol–water partition coefficient (Wildman–Crippen LogP) is 3.46. The molecule has 0 aliphatic rings. The molecule has 3 heteroatoms. The van der Waals surface area contributed by atoms with Gasteiger partial charge in [-0.15, -0.1) is 11.6 Å². The van der Waals surface area contributed by atoms with Crippen molar-refractivity contribution in [3.05, 3.63) is 23.3 Å². The summed E-state index contributed by atoms with van der Waals surface area (Å²) in [7, 11) is 0. The van der Waals surface area contributed by atoms with Gasteiger partial charge in [-0.1, -0.05) is 27.7 Å². The zero-order valence-corrected chi connectivity index (χ0v) is 9.97. The van der Waals surface area contributed by atoms with E-state index >= 15 is 0 Å². The van der Waals surface area contributed by atoms with Crippen LogP contribution in [0.15, 0.2) is 6.07 Å². The minimum absolute atomic E-state index is 0.389. The zero-order chi connectivity index (χ0) is 10.7. The normalized spacial score (nSPS) is 11.4. The standard InChI is InChI=1S/C11H17ClN2/c1-7(2)9-5-10(8(3)4)14-11(6-12)13-9/h5,7-8H,6H2,1-4H3. The van der Waals surface area contributed by atoms with Gasteiger partial charge in [0.15, 0.2) is 0 Å². The van der Waals surface area contributed by atoms with Gasteiger partial charge in [-0.25, -0.2) is 9.97 Å². The molecule has 0 fully saturated rings. The van der Waals surface area contributed by atoms with Crippen molar-refractivity contribution in [3.8, 4) is 0 Å². The summed E-state index contributed by atoms with van der Waals surface area (Å²) in [4.78, 5) is 8.78. The van der Waals surface area contributed by atoms with E-state index in [0.29, 0.717) is 17.7 Å². The van der Waals surface area contributed by atoms with Gasteiger partial charge in [-0.05, 0) is 17.9 Å². The summed E-state index contributed by atoms with van der Waals surface area (Å²) < 4.78 is 0. The van der Waals surface area contributed by atoms with E-state index in [9.17, 15) is 0 Å². The molecule has 0 radical (unpaired) electrons. The molecule has 78 valence electrons. The lowest BCUT2D eigenvalue weighted by atomic mass is 10.1. The number of hydrogen-bond donors (Lipinski definition) is 0. The van der Waals surface area contributed by atoms with Gasteiger partial charge in [0.25, 0.3) is 0 Å². The molecular formula is C11H17ClN2. The number of alkyl halides is 1. The molecular weight excluding hydrogens is 196 g/mol. The van der Waals surface area contributed by atoms with Crippen molar-refractivity contribution >= 4 is 11.6 Å². The molecule has 2 nitrogen and oxygen atoms in total. The second kappa shape index (κ2) is 4.74. The zero-order valence-electron chi connectivity index (χ0n) is 9.21. The van der Waals surface area contributed by atoms with E-state index in [1.54, 1.807) is 0 Å². The fourth-order valence-corrected chi connectivity index (χ4v) is 1.31. The Morgan fingerprint density at radius 1 is 1.07 bits per heavy atom. The molecule has 0 aromatic carbocycles. The second-order valence-electron chi connectivity index (χ2n) is 4.08. The molecule has 0 spiro atoms. The molecule has 0 saturated carbocycles. The van der Waals surface area contributed by atoms with Crippen LogP contribution in [0.5, 0.6) is 0 Å². The van der Waals surface area contributed by atoms with Crippen LogP contribution in [0.3, 0.4) is 0 Å². The molecule has 14 heavy (non-hydrogen) atoms. The van der Waals surface area contributed by atoms with Crippen molar-refractivity contribution in [2.45, 2.75) is 45.4 Å². The molecule has 0 aliphatic heterocycles. The smallest absolute Gasteiger partial charge is 0.143 e. The fraction of sp³-hybridized carbons (Fsp3) is 0.636. The van der Waals surface area contributed by atoms with E-state index in [1.807, 2.05) is 0 Å². The summed E-state index contributed by atoms with van der Waals surface area (Å²) in [5, 5.41) is 0. The van der Waals surface area contributed by atoms with Gasteiger partial charge in [0, 0.05) is 11.4 Å². The maximum Gasteiger partial charge on any atom is 0.143 e. The Morgan fingerprint density at radius 2 is 1.50 bits per heavy atom. The Labute approximate surface area is 90.7 Å². The highest BCUT2D eigenvalue weighted by Gasteiger charge is 2.09. The number of halogens is 1. The first kappa shape index (κ1) is 11.4. The molecule has 1 rings (SSSR count). The quantitative estimate of drug-likeness (QED) is 0.718. The van der Waals surface area contributed by atoms with Crippen LogP contribution in [0.1, 0.15) is 56.7 Å². The predicted molar refractivity (Wildman–Crippen MR) is 59.8 cm³/mol. The topological polar surface area (TPSA) is 25.8 Å². The van der Waals surface area contributed by atoms with E-state index in [0.717, 1.165) is 17.2 Å². The van der Waals surface area contributed by atoms with Gasteiger partial charge in [0.2, 0.25) is 0 Å². The highest BCUT2D eigenvalue weighted by molar-refractivity contribution is 6.16. The minimum Gasteiger partial charge on any atom is -0.236 e. The van der Waals surface area contributed by atoms with Gasteiger partial charge in [-0.2, -0.15) is 0 Å². The van der Waals surface area contributed by atoms with Crippen LogP contribution in [0.2, 0.25) is 0 Å². The third-order valence-corrected chi connectivity index (χ3v) is 2.35. The van der Waals surface area contributed by atoms with Gasteiger partial charge in [0.05, 0.1) is 5.88 Å². The number of aromatic nitrogens is 2. The van der Waals surface area contributed by atoms with Crippen LogP contribution < -0.4 is 0 Å². The van der Waals surface area contributed by atoms with Crippen LogP contribution >= 0.6 is 11.6 Å². The van der Waals surface area contributed by atoms with Gasteiger partial charge < -0.3 is 0 Å². The van der Waals surface area contributed by atoms with Crippen LogP contribution in [0.4, 0.5) is 0 Å². The number of rotatable bonds is 3. The summed E-state index contributed by atoms with van der Waals surface area (Å²) in [5.74, 6) is 1.98. The Kier molecular flexibility index (Phi) is 3.87. The van der Waals surface area contributed by atoms with Crippen molar-refractivity contribution in [2.75, 3.05) is 0 Å². The first-order valence-electron chi connectivity index (χ1n) is 4.98. The van der Waals surface area contributed by atoms with Crippen LogP contribution in [-0.4, -0.2) is 9.97 Å². The highest BCUT2D eigenvalue weighted by atomic mass is 35.5. The fourth-order valence-electron chi connectivity index (χ4n) is 1.19. The molecule has 0 bridgehead atoms. The summed E-state index contributed by atoms with van der Waals surface area (Å²) in [6.07, 6.45) is 0. The Hall–Kier alpha value is -0.630. The lowest BCUT2D eigenvalue weighted by molar-refractivity contribution is 0.749. The van der Waals surface area contributed by atoms with E-state index in [1.165, 1.54) is 0 Å². The van der Waals surface area contributed by atoms with Crippen LogP contribution in [0.25, 0.3) is 0 Å². The molecule has 0 N–H and O–H groups in total. The first-order valence-corrected chi connectivity index (χ1v) is 5.51. The third kappa shape index (κ3) is 2.68. The van der Waals surface area contributed by atoms with E-state index < -0.39 is 0 Å². The minimum atomic E-state index is 0.389. The van der Waals surface area contributed by atoms with Crippen molar-refractivity contribution < 1.29 is 0 Å². The largest absolute Gasteiger partial charge is 0.236 e. The Morgan fingerprint density at radius 3 is 1.79 bits per heavy atom. The monoisotopic (exact) mass is 212 g/mol. The van der Waals surface area contributed by atoms with Crippen LogP contribution in [0, 0.1) is 0 Å². The summed E-state index contributed by atoms with van der Waals surface area (Å²) in [6.45, 7) is 8.52. The first-order chi connectivity index (χ1) is 6.54. The van der Waals surface area contributed by atoms with Gasteiger partial charge >= 0.3 is 0 Å². The molecule has 1 heterocycles. The maximum absolute atomic E-state index is 5.76. The summed E-state index contributed by atoms with van der Waals surface area (Å²) >= 11 is 5.76. The van der Waals surface area contributed by atoms with Crippen molar-refractivity contribution in [3.63, 3.8) is 0 Å². The molecule has 1 aromatic heterocycles. The average molecular weight is 213 g/mol. The second-order valence-corrected chi connectivity index (χ2v) is 4.34. The van der Waals surface area contributed by atoms with E-state index in [-0.39, 0.29) is 0 Å². The highest BCUT2D eigenvalue weighted by Crippen LogP contribution is 2.18. The summed E-state index contributed by atoms with van der Waals surface area (Å²) in [5.41, 5.74) is 2.17. The molecule has 0 saturated heterocycles. The number of hydrogen-bond acceptors (Lipinski definition) is 2. The molecule has 0 amide bonds. The molecule has 0 aliphatic carbocycles. The molecule has 0 unspecified atom stereocenters. The number of nitrogens with zero attached hydrogens (tertiary/aromatic N) is 2. The van der Waals surface area contributed by atoms with Crippen molar-refractivity contribution in [2.24, 2.45) is 0 Å². The molecule has 0 atom stereocenters. The maximum atomic E-state index is 5.76. The summed E-state index contributed by atoms with van der Waals surface area (Å²) in [6, 6.07) is 2.07. The van der Waals surface area contributed by atoms with Crippen molar-refractivity contribution in [1.82, 2.24) is 9.97 Å². The molecule has 1 aromatic rings. The van der Waals surface area contributed by atoms with Crippen LogP contribution in [-0.2, 0) is 5.88 Å². The van der Waals surface area contributed by atoms with E-state index in [4.69, 9.17) is 11.6 Å². The van der Waals surface area contributed by atoms with E-state index in [2.05, 4.69) is 43.7 Å². The SMILES string of the molecule is CC(C)c1cc(C(C)C)nc(CCl)n1. The lowest BCUT2D eigenvalue weighted by Crippen LogP contribution is -2.04. The third-order valence-electron chi connectivity index (χ3n) is 2.11. The van der Waals surface area contributed by atoms with Gasteiger partial charge in [0.1, 0.15) is 5.82 Å². The van der Waals surface area contributed by atoms with Crippen molar-refractivity contribution in [1.29, 1.82) is 0 Å².